The Morgan fingerprint density at radius 2 is 1.83 bits per heavy atom. The summed E-state index contributed by atoms with van der Waals surface area (Å²) in [4.78, 5) is 20.3. The molecule has 0 spiro atoms. The topological polar surface area (TPSA) is 74.4 Å². The van der Waals surface area contributed by atoms with Crippen LogP contribution in [0.3, 0.4) is 0 Å². The van der Waals surface area contributed by atoms with E-state index in [0.29, 0.717) is 10.9 Å². The standard InChI is InChI=1S/C23H14N4OS/c28-23-17-8-13(5-6-19(17)24-12-25-23)15-7-16-11-26-27-22(16)18(9-15)21-10-14-3-1-2-4-20(14)29-21/h1-12H,(H,26,27)(H,24,25,28). The van der Waals surface area contributed by atoms with Crippen LogP contribution in [0, 0.1) is 0 Å². The second kappa shape index (κ2) is 6.12. The number of benzene rings is 3. The molecule has 0 unspecified atom stereocenters. The van der Waals surface area contributed by atoms with E-state index in [4.69, 9.17) is 0 Å². The highest BCUT2D eigenvalue weighted by molar-refractivity contribution is 7.22. The van der Waals surface area contributed by atoms with Crippen molar-refractivity contribution in [3.05, 3.63) is 83.5 Å². The van der Waals surface area contributed by atoms with Crippen LogP contribution in [0.2, 0.25) is 0 Å². The third kappa shape index (κ3) is 2.57. The van der Waals surface area contributed by atoms with Crippen LogP contribution in [-0.2, 0) is 0 Å². The number of nitrogens with one attached hydrogen (secondary N) is 2. The molecule has 3 aromatic carbocycles. The second-order valence-electron chi connectivity index (χ2n) is 6.97. The Bertz CT molecular complexity index is 1560. The molecule has 138 valence electrons. The van der Waals surface area contributed by atoms with Crippen molar-refractivity contribution in [2.75, 3.05) is 0 Å². The summed E-state index contributed by atoms with van der Waals surface area (Å²) in [5.41, 5.74) is 4.69. The molecule has 0 aliphatic rings. The van der Waals surface area contributed by atoms with Crippen LogP contribution in [-0.4, -0.2) is 20.2 Å². The SMILES string of the molecule is O=c1[nH]cnc2ccc(-c3cc(-c4cc5ccccc5s4)c4[nH]ncc4c3)cc12. The van der Waals surface area contributed by atoms with Gasteiger partial charge in [-0.25, -0.2) is 4.98 Å². The molecule has 0 fully saturated rings. The maximum Gasteiger partial charge on any atom is 0.258 e. The minimum Gasteiger partial charge on any atom is -0.313 e. The van der Waals surface area contributed by atoms with Gasteiger partial charge in [-0.15, -0.1) is 11.3 Å². The van der Waals surface area contributed by atoms with Crippen molar-refractivity contribution in [2.45, 2.75) is 0 Å². The Morgan fingerprint density at radius 3 is 2.76 bits per heavy atom. The molecule has 0 aliphatic heterocycles. The fourth-order valence-corrected chi connectivity index (χ4v) is 4.87. The number of thiophene rings is 1. The van der Waals surface area contributed by atoms with E-state index in [0.717, 1.165) is 27.6 Å². The summed E-state index contributed by atoms with van der Waals surface area (Å²) in [5, 5.41) is 10.2. The van der Waals surface area contributed by atoms with Crippen LogP contribution in [0.25, 0.3) is 53.5 Å². The van der Waals surface area contributed by atoms with E-state index >= 15 is 0 Å². The van der Waals surface area contributed by atoms with Crippen LogP contribution >= 0.6 is 11.3 Å². The lowest BCUT2D eigenvalue weighted by Gasteiger charge is -2.07. The average Bonchev–Trinajstić information content (AvgIpc) is 3.40. The molecule has 0 aliphatic carbocycles. The molecular weight excluding hydrogens is 380 g/mol. The maximum atomic E-state index is 12.2. The quantitative estimate of drug-likeness (QED) is 0.416. The first-order chi connectivity index (χ1) is 14.3. The Hall–Kier alpha value is -3.77. The number of aromatic amines is 2. The molecule has 0 bridgehead atoms. The number of hydrogen-bond donors (Lipinski definition) is 2. The van der Waals surface area contributed by atoms with Crippen molar-refractivity contribution in [3.8, 4) is 21.6 Å². The molecular formula is C23H14N4OS. The van der Waals surface area contributed by atoms with Gasteiger partial charge in [0.2, 0.25) is 0 Å². The lowest BCUT2D eigenvalue weighted by Crippen LogP contribution is -2.05. The van der Waals surface area contributed by atoms with Gasteiger partial charge in [0.15, 0.2) is 0 Å². The molecule has 6 aromatic rings. The molecule has 0 radical (unpaired) electrons. The Kier molecular flexibility index (Phi) is 3.42. The summed E-state index contributed by atoms with van der Waals surface area (Å²) < 4.78 is 1.25. The number of aromatic nitrogens is 4. The summed E-state index contributed by atoms with van der Waals surface area (Å²) in [6.45, 7) is 0. The van der Waals surface area contributed by atoms with Crippen molar-refractivity contribution in [2.24, 2.45) is 0 Å². The van der Waals surface area contributed by atoms with Crippen LogP contribution in [0.1, 0.15) is 0 Å². The first-order valence-electron chi connectivity index (χ1n) is 9.20. The second-order valence-corrected chi connectivity index (χ2v) is 8.05. The Balaban J connectivity index is 1.61. The molecule has 0 saturated carbocycles. The number of rotatable bonds is 2. The molecule has 5 nitrogen and oxygen atoms in total. The number of nitrogens with zero attached hydrogens (tertiary/aromatic N) is 2. The summed E-state index contributed by atoms with van der Waals surface area (Å²) in [6, 6.07) is 20.7. The molecule has 29 heavy (non-hydrogen) atoms. The normalized spacial score (nSPS) is 11.6. The first-order valence-corrected chi connectivity index (χ1v) is 10.0. The van der Waals surface area contributed by atoms with Gasteiger partial charge in [-0.3, -0.25) is 9.89 Å². The highest BCUT2D eigenvalue weighted by Gasteiger charge is 2.13. The van der Waals surface area contributed by atoms with Gasteiger partial charge >= 0.3 is 0 Å². The molecule has 3 heterocycles. The Labute approximate surface area is 168 Å². The van der Waals surface area contributed by atoms with E-state index in [1.165, 1.54) is 21.3 Å². The van der Waals surface area contributed by atoms with Gasteiger partial charge in [-0.1, -0.05) is 24.3 Å². The van der Waals surface area contributed by atoms with Gasteiger partial charge in [-0.2, -0.15) is 5.10 Å². The smallest absolute Gasteiger partial charge is 0.258 e. The minimum atomic E-state index is -0.133. The molecule has 2 N–H and O–H groups in total. The van der Waals surface area contributed by atoms with Crippen LogP contribution in [0.5, 0.6) is 0 Å². The molecule has 6 rings (SSSR count). The van der Waals surface area contributed by atoms with Crippen molar-refractivity contribution < 1.29 is 0 Å². The fourth-order valence-electron chi connectivity index (χ4n) is 3.78. The van der Waals surface area contributed by atoms with E-state index in [2.05, 4.69) is 62.6 Å². The zero-order valence-electron chi connectivity index (χ0n) is 15.1. The highest BCUT2D eigenvalue weighted by Crippen LogP contribution is 2.39. The van der Waals surface area contributed by atoms with Gasteiger partial charge in [0.1, 0.15) is 0 Å². The van der Waals surface area contributed by atoms with E-state index in [1.807, 2.05) is 24.4 Å². The third-order valence-electron chi connectivity index (χ3n) is 5.21. The van der Waals surface area contributed by atoms with E-state index in [9.17, 15) is 4.79 Å². The maximum absolute atomic E-state index is 12.2. The van der Waals surface area contributed by atoms with Gasteiger partial charge in [0.05, 0.1) is 28.9 Å². The zero-order chi connectivity index (χ0) is 19.4. The van der Waals surface area contributed by atoms with Gasteiger partial charge in [0.25, 0.3) is 5.56 Å². The summed E-state index contributed by atoms with van der Waals surface area (Å²) in [7, 11) is 0. The molecule has 0 atom stereocenters. The monoisotopic (exact) mass is 394 g/mol. The van der Waals surface area contributed by atoms with Crippen molar-refractivity contribution >= 4 is 43.2 Å². The van der Waals surface area contributed by atoms with Gasteiger partial charge in [-0.05, 0) is 52.9 Å². The lowest BCUT2D eigenvalue weighted by atomic mass is 9.98. The van der Waals surface area contributed by atoms with Gasteiger partial charge < -0.3 is 4.98 Å². The van der Waals surface area contributed by atoms with Crippen molar-refractivity contribution in [1.29, 1.82) is 0 Å². The van der Waals surface area contributed by atoms with E-state index < -0.39 is 0 Å². The summed E-state index contributed by atoms with van der Waals surface area (Å²) in [6.07, 6.45) is 3.27. The fraction of sp³-hybridized carbons (Fsp3) is 0. The summed E-state index contributed by atoms with van der Waals surface area (Å²) >= 11 is 1.76. The number of fused-ring (bicyclic) bond motifs is 3. The van der Waals surface area contributed by atoms with Crippen LogP contribution in [0.4, 0.5) is 0 Å². The highest BCUT2D eigenvalue weighted by atomic mass is 32.1. The molecule has 3 aromatic heterocycles. The largest absolute Gasteiger partial charge is 0.313 e. The molecule has 0 saturated heterocycles. The van der Waals surface area contributed by atoms with Crippen LogP contribution in [0.15, 0.2) is 78.0 Å². The Morgan fingerprint density at radius 1 is 0.897 bits per heavy atom. The minimum absolute atomic E-state index is 0.133. The average molecular weight is 394 g/mol. The van der Waals surface area contributed by atoms with E-state index in [1.54, 1.807) is 11.3 Å². The number of hydrogen-bond acceptors (Lipinski definition) is 4. The zero-order valence-corrected chi connectivity index (χ0v) is 16.0. The summed E-state index contributed by atoms with van der Waals surface area (Å²) in [5.74, 6) is 0. The van der Waals surface area contributed by atoms with Crippen LogP contribution < -0.4 is 5.56 Å². The first kappa shape index (κ1) is 16.2. The lowest BCUT2D eigenvalue weighted by molar-refractivity contribution is 1.12. The number of H-pyrrole nitrogens is 2. The van der Waals surface area contributed by atoms with Gasteiger partial charge in [0, 0.05) is 20.5 Å². The van der Waals surface area contributed by atoms with Crippen molar-refractivity contribution in [3.63, 3.8) is 0 Å². The third-order valence-corrected chi connectivity index (χ3v) is 6.36. The predicted octanol–water partition coefficient (Wildman–Crippen LogP) is 5.35. The van der Waals surface area contributed by atoms with E-state index in [-0.39, 0.29) is 5.56 Å². The predicted molar refractivity (Wildman–Crippen MR) is 118 cm³/mol. The molecule has 6 heteroatoms. The van der Waals surface area contributed by atoms with Crippen molar-refractivity contribution in [1.82, 2.24) is 20.2 Å². The molecule has 0 amide bonds.